The number of benzene rings is 1. The van der Waals surface area contributed by atoms with Crippen molar-refractivity contribution in [2.24, 2.45) is 5.41 Å². The molecule has 1 aromatic rings. The monoisotopic (exact) mass is 311 g/mol. The molecule has 0 spiro atoms. The van der Waals surface area contributed by atoms with Crippen molar-refractivity contribution in [2.75, 3.05) is 18.5 Å². The van der Waals surface area contributed by atoms with Gasteiger partial charge in [0.1, 0.15) is 12.3 Å². The zero-order valence-electron chi connectivity index (χ0n) is 12.8. The van der Waals surface area contributed by atoms with Crippen molar-refractivity contribution in [3.63, 3.8) is 0 Å². The van der Waals surface area contributed by atoms with Crippen LogP contribution in [0.3, 0.4) is 0 Å². The smallest absolute Gasteiger partial charge is 0.407 e. The molecule has 0 heterocycles. The number of para-hydroxylation sites is 2. The molecule has 1 aromatic carbocycles. The Balaban J connectivity index is 2.45. The Kier molecular flexibility index (Phi) is 6.11. The number of aliphatic hydroxyl groups is 1. The van der Waals surface area contributed by atoms with Crippen molar-refractivity contribution in [1.29, 1.82) is 0 Å². The molecular weight excluding hydrogens is 290 g/mol. The summed E-state index contributed by atoms with van der Waals surface area (Å²) in [6.07, 6.45) is -1.90. The third-order valence-electron chi connectivity index (χ3n) is 2.56. The Hall–Kier alpha value is -2.35. The lowest BCUT2D eigenvalue weighted by atomic mass is 9.97. The van der Waals surface area contributed by atoms with E-state index in [0.717, 1.165) is 0 Å². The second kappa shape index (κ2) is 7.60. The van der Waals surface area contributed by atoms with E-state index in [0.29, 0.717) is 6.54 Å². The fraction of sp³-hybridized carbons (Fsp3) is 0.500. The molecule has 0 aliphatic heterocycles. The molecule has 1 atom stereocenters. The third kappa shape index (κ3) is 6.40. The number of carbonyl (C=O) groups is 1. The lowest BCUT2D eigenvalue weighted by Gasteiger charge is -2.19. The molecule has 0 aliphatic carbocycles. The van der Waals surface area contributed by atoms with E-state index in [1.807, 2.05) is 20.8 Å². The standard InChI is InChI=1S/C14H21N3O5/c1-14(2,3)9-15-13(19)22-8-12(18)16-10-6-4-5-7-11(10)17(20)21/h4-7,12,16,18H,8-9H2,1-3H3,(H,15,19). The predicted molar refractivity (Wildman–Crippen MR) is 81.5 cm³/mol. The van der Waals surface area contributed by atoms with E-state index >= 15 is 0 Å². The molecule has 0 saturated carbocycles. The highest BCUT2D eigenvalue weighted by Gasteiger charge is 2.17. The highest BCUT2D eigenvalue weighted by molar-refractivity contribution is 5.67. The van der Waals surface area contributed by atoms with Gasteiger partial charge in [-0.15, -0.1) is 0 Å². The zero-order valence-corrected chi connectivity index (χ0v) is 12.8. The normalized spacial score (nSPS) is 12.4. The largest absolute Gasteiger partial charge is 0.445 e. The topological polar surface area (TPSA) is 114 Å². The van der Waals surface area contributed by atoms with E-state index in [9.17, 15) is 20.0 Å². The summed E-state index contributed by atoms with van der Waals surface area (Å²) >= 11 is 0. The van der Waals surface area contributed by atoms with Crippen LogP contribution in [-0.2, 0) is 4.74 Å². The molecule has 3 N–H and O–H groups in total. The maximum atomic E-state index is 11.4. The number of hydrogen-bond donors (Lipinski definition) is 3. The fourth-order valence-corrected chi connectivity index (χ4v) is 1.52. The third-order valence-corrected chi connectivity index (χ3v) is 2.56. The SMILES string of the molecule is CC(C)(C)CNC(=O)OCC(O)Nc1ccccc1[N+](=O)[O-]. The van der Waals surface area contributed by atoms with Gasteiger partial charge in [0.05, 0.1) is 4.92 Å². The molecule has 0 aliphatic rings. The van der Waals surface area contributed by atoms with Gasteiger partial charge in [0.25, 0.3) is 5.69 Å². The number of amides is 1. The van der Waals surface area contributed by atoms with Crippen molar-refractivity contribution in [1.82, 2.24) is 5.32 Å². The first-order chi connectivity index (χ1) is 10.2. The molecular formula is C14H21N3O5. The van der Waals surface area contributed by atoms with Crippen molar-refractivity contribution in [3.05, 3.63) is 34.4 Å². The molecule has 1 rings (SSSR count). The van der Waals surface area contributed by atoms with Gasteiger partial charge in [0.15, 0.2) is 6.23 Å². The van der Waals surface area contributed by atoms with E-state index < -0.39 is 17.2 Å². The Labute approximate surface area is 128 Å². The summed E-state index contributed by atoms with van der Waals surface area (Å²) in [6.45, 7) is 5.97. The van der Waals surface area contributed by atoms with Crippen LogP contribution in [0.15, 0.2) is 24.3 Å². The van der Waals surface area contributed by atoms with Crippen LogP contribution in [0.25, 0.3) is 0 Å². The second-order valence-electron chi connectivity index (χ2n) is 5.95. The van der Waals surface area contributed by atoms with Crippen LogP contribution < -0.4 is 10.6 Å². The predicted octanol–water partition coefficient (Wildman–Crippen LogP) is 2.10. The average molecular weight is 311 g/mol. The second-order valence-corrected chi connectivity index (χ2v) is 5.95. The first-order valence-electron chi connectivity index (χ1n) is 6.78. The Bertz CT molecular complexity index is 527. The van der Waals surface area contributed by atoms with Crippen LogP contribution in [0.5, 0.6) is 0 Å². The number of aliphatic hydroxyl groups excluding tert-OH is 1. The molecule has 0 saturated heterocycles. The number of rotatable bonds is 6. The minimum atomic E-state index is -1.25. The summed E-state index contributed by atoms with van der Waals surface area (Å²) in [4.78, 5) is 21.7. The van der Waals surface area contributed by atoms with Crippen LogP contribution in [0.2, 0.25) is 0 Å². The first kappa shape index (κ1) is 17.7. The van der Waals surface area contributed by atoms with Crippen LogP contribution in [0.4, 0.5) is 16.2 Å². The first-order valence-corrected chi connectivity index (χ1v) is 6.78. The number of hydrogen-bond acceptors (Lipinski definition) is 6. The molecule has 0 aromatic heterocycles. The number of anilines is 1. The van der Waals surface area contributed by atoms with E-state index in [4.69, 9.17) is 4.74 Å². The van der Waals surface area contributed by atoms with Gasteiger partial charge >= 0.3 is 6.09 Å². The number of nitro groups is 1. The van der Waals surface area contributed by atoms with Gasteiger partial charge in [-0.25, -0.2) is 4.79 Å². The average Bonchev–Trinajstić information content (AvgIpc) is 2.42. The number of carbonyl (C=O) groups excluding carboxylic acids is 1. The van der Waals surface area contributed by atoms with Crippen molar-refractivity contribution >= 4 is 17.5 Å². The number of nitro benzene ring substituents is 1. The Morgan fingerprint density at radius 3 is 2.64 bits per heavy atom. The quantitative estimate of drug-likeness (QED) is 0.421. The van der Waals surface area contributed by atoms with Crippen molar-refractivity contribution in [3.8, 4) is 0 Å². The Morgan fingerprint density at radius 1 is 1.41 bits per heavy atom. The number of nitrogens with one attached hydrogen (secondary N) is 2. The molecule has 122 valence electrons. The number of nitrogens with zero attached hydrogens (tertiary/aromatic N) is 1. The highest BCUT2D eigenvalue weighted by atomic mass is 16.6. The van der Waals surface area contributed by atoms with E-state index in [1.165, 1.54) is 18.2 Å². The zero-order chi connectivity index (χ0) is 16.8. The Morgan fingerprint density at radius 2 is 2.05 bits per heavy atom. The van der Waals surface area contributed by atoms with Crippen molar-refractivity contribution in [2.45, 2.75) is 27.0 Å². The lowest BCUT2D eigenvalue weighted by molar-refractivity contribution is -0.384. The number of alkyl carbamates (subject to hydrolysis) is 1. The van der Waals surface area contributed by atoms with E-state index in [-0.39, 0.29) is 23.4 Å². The van der Waals surface area contributed by atoms with Gasteiger partial charge in [-0.05, 0) is 11.5 Å². The van der Waals surface area contributed by atoms with Gasteiger partial charge < -0.3 is 20.5 Å². The van der Waals surface area contributed by atoms with Crippen LogP contribution in [0.1, 0.15) is 20.8 Å². The van der Waals surface area contributed by atoms with Gasteiger partial charge in [-0.3, -0.25) is 10.1 Å². The molecule has 8 nitrogen and oxygen atoms in total. The van der Waals surface area contributed by atoms with Crippen LogP contribution in [0, 0.1) is 15.5 Å². The van der Waals surface area contributed by atoms with Gasteiger partial charge in [0, 0.05) is 12.6 Å². The highest BCUT2D eigenvalue weighted by Crippen LogP contribution is 2.23. The molecule has 22 heavy (non-hydrogen) atoms. The fourth-order valence-electron chi connectivity index (χ4n) is 1.52. The summed E-state index contributed by atoms with van der Waals surface area (Å²) < 4.78 is 4.84. The summed E-state index contributed by atoms with van der Waals surface area (Å²) in [6, 6.07) is 5.89. The van der Waals surface area contributed by atoms with Gasteiger partial charge in [-0.2, -0.15) is 0 Å². The van der Waals surface area contributed by atoms with Crippen LogP contribution in [-0.4, -0.2) is 35.5 Å². The summed E-state index contributed by atoms with van der Waals surface area (Å²) in [5.41, 5.74) is -0.0991. The minimum absolute atomic E-state index is 0.0828. The van der Waals surface area contributed by atoms with Gasteiger partial charge in [-0.1, -0.05) is 32.9 Å². The lowest BCUT2D eigenvalue weighted by Crippen LogP contribution is -2.35. The maximum Gasteiger partial charge on any atom is 0.407 e. The van der Waals surface area contributed by atoms with Gasteiger partial charge in [0.2, 0.25) is 0 Å². The summed E-state index contributed by atoms with van der Waals surface area (Å²) in [7, 11) is 0. The van der Waals surface area contributed by atoms with Crippen molar-refractivity contribution < 1.29 is 19.6 Å². The molecule has 0 fully saturated rings. The number of ether oxygens (including phenoxy) is 1. The van der Waals surface area contributed by atoms with Crippen LogP contribution >= 0.6 is 0 Å². The molecule has 1 amide bonds. The summed E-state index contributed by atoms with van der Waals surface area (Å²) in [5.74, 6) is 0. The summed E-state index contributed by atoms with van der Waals surface area (Å²) in [5, 5.41) is 25.7. The molecule has 1 unspecified atom stereocenters. The molecule has 0 radical (unpaired) electrons. The molecule has 0 bridgehead atoms. The minimum Gasteiger partial charge on any atom is -0.445 e. The van der Waals surface area contributed by atoms with E-state index in [2.05, 4.69) is 10.6 Å². The van der Waals surface area contributed by atoms with E-state index in [1.54, 1.807) is 6.07 Å². The maximum absolute atomic E-state index is 11.4. The molecule has 8 heteroatoms.